The zero-order chi connectivity index (χ0) is 15.4. The molecule has 2 rings (SSSR count). The van der Waals surface area contributed by atoms with E-state index in [1.807, 2.05) is 0 Å². The predicted octanol–water partition coefficient (Wildman–Crippen LogP) is 3.32. The van der Waals surface area contributed by atoms with Crippen LogP contribution in [0.2, 0.25) is 5.02 Å². The van der Waals surface area contributed by atoms with Crippen molar-refractivity contribution in [1.82, 2.24) is 0 Å². The van der Waals surface area contributed by atoms with E-state index in [2.05, 4.69) is 0 Å². The van der Waals surface area contributed by atoms with Crippen LogP contribution in [0.1, 0.15) is 26.3 Å². The highest BCUT2D eigenvalue weighted by molar-refractivity contribution is 6.32. The molecule has 2 N–H and O–H groups in total. The number of benzene rings is 2. The maximum absolute atomic E-state index is 11.1. The molecule has 0 aliphatic heterocycles. The summed E-state index contributed by atoms with van der Waals surface area (Å²) in [6, 6.07) is 10.6. The molecule has 0 amide bonds. The lowest BCUT2D eigenvalue weighted by Gasteiger charge is -2.11. The third-order valence-corrected chi connectivity index (χ3v) is 3.08. The number of rotatable bonds is 5. The van der Waals surface area contributed by atoms with E-state index in [0.717, 1.165) is 0 Å². The van der Waals surface area contributed by atoms with Gasteiger partial charge in [0.15, 0.2) is 5.75 Å². The Hall–Kier alpha value is -2.53. The van der Waals surface area contributed by atoms with E-state index in [1.165, 1.54) is 30.3 Å². The molecule has 0 bridgehead atoms. The number of carbonyl (C=O) groups is 2. The molecular formula is C15H11ClO5. The van der Waals surface area contributed by atoms with Crippen molar-refractivity contribution in [3.63, 3.8) is 0 Å². The summed E-state index contributed by atoms with van der Waals surface area (Å²) >= 11 is 5.94. The molecule has 0 radical (unpaired) electrons. The van der Waals surface area contributed by atoms with Crippen LogP contribution in [0.3, 0.4) is 0 Å². The van der Waals surface area contributed by atoms with Crippen LogP contribution in [0.15, 0.2) is 42.5 Å². The number of aromatic carboxylic acids is 2. The van der Waals surface area contributed by atoms with Gasteiger partial charge in [-0.25, -0.2) is 9.59 Å². The summed E-state index contributed by atoms with van der Waals surface area (Å²) < 4.78 is 5.46. The minimum absolute atomic E-state index is 0.0235. The molecule has 2 aromatic carbocycles. The highest BCUT2D eigenvalue weighted by Crippen LogP contribution is 2.29. The second-order valence-electron chi connectivity index (χ2n) is 4.21. The molecule has 0 aliphatic carbocycles. The van der Waals surface area contributed by atoms with Gasteiger partial charge >= 0.3 is 11.9 Å². The van der Waals surface area contributed by atoms with Crippen molar-refractivity contribution in [2.24, 2.45) is 0 Å². The van der Waals surface area contributed by atoms with Crippen molar-refractivity contribution in [1.29, 1.82) is 0 Å². The summed E-state index contributed by atoms with van der Waals surface area (Å²) in [6.07, 6.45) is 0. The molecule has 0 fully saturated rings. The van der Waals surface area contributed by atoms with E-state index >= 15 is 0 Å². The number of para-hydroxylation sites is 1. The number of hydrogen-bond donors (Lipinski definition) is 2. The fourth-order valence-electron chi connectivity index (χ4n) is 1.72. The molecular weight excluding hydrogens is 296 g/mol. The normalized spacial score (nSPS) is 10.1. The molecule has 0 atom stereocenters. The average Bonchev–Trinajstić information content (AvgIpc) is 2.46. The average molecular weight is 307 g/mol. The highest BCUT2D eigenvalue weighted by atomic mass is 35.5. The van der Waals surface area contributed by atoms with Crippen molar-refractivity contribution < 1.29 is 24.5 Å². The largest absolute Gasteiger partial charge is 0.486 e. The maximum Gasteiger partial charge on any atom is 0.339 e. The molecule has 108 valence electrons. The first kappa shape index (κ1) is 14.9. The van der Waals surface area contributed by atoms with E-state index < -0.39 is 11.9 Å². The van der Waals surface area contributed by atoms with Gasteiger partial charge in [0.1, 0.15) is 12.2 Å². The fourth-order valence-corrected chi connectivity index (χ4v) is 1.95. The summed E-state index contributed by atoms with van der Waals surface area (Å²) in [5.74, 6) is -2.05. The quantitative estimate of drug-likeness (QED) is 0.885. The molecule has 0 spiro atoms. The fraction of sp³-hybridized carbons (Fsp3) is 0.0667. The Labute approximate surface area is 125 Å². The Kier molecular flexibility index (Phi) is 4.45. The van der Waals surface area contributed by atoms with E-state index in [1.54, 1.807) is 12.1 Å². The van der Waals surface area contributed by atoms with Crippen LogP contribution in [0.5, 0.6) is 5.75 Å². The molecule has 0 saturated carbocycles. The monoisotopic (exact) mass is 306 g/mol. The van der Waals surface area contributed by atoms with Gasteiger partial charge in [0.2, 0.25) is 0 Å². The second kappa shape index (κ2) is 6.28. The number of halogens is 1. The standard InChI is InChI=1S/C15H11ClO5/c16-12-3-1-2-11(15(19)20)13(12)21-8-9-4-6-10(7-5-9)14(17)18/h1-7H,8H2,(H,17,18)(H,19,20). The zero-order valence-electron chi connectivity index (χ0n) is 10.7. The van der Waals surface area contributed by atoms with Crippen LogP contribution in [-0.2, 0) is 6.61 Å². The summed E-state index contributed by atoms with van der Waals surface area (Å²) in [7, 11) is 0. The van der Waals surface area contributed by atoms with E-state index in [0.29, 0.717) is 5.56 Å². The van der Waals surface area contributed by atoms with Crippen LogP contribution in [0.4, 0.5) is 0 Å². The van der Waals surface area contributed by atoms with Gasteiger partial charge in [-0.3, -0.25) is 0 Å². The number of hydrogen-bond acceptors (Lipinski definition) is 3. The lowest BCUT2D eigenvalue weighted by Crippen LogP contribution is -2.04. The number of ether oxygens (including phenoxy) is 1. The van der Waals surface area contributed by atoms with Crippen molar-refractivity contribution in [2.75, 3.05) is 0 Å². The highest BCUT2D eigenvalue weighted by Gasteiger charge is 2.14. The van der Waals surface area contributed by atoms with Crippen LogP contribution < -0.4 is 4.74 Å². The third kappa shape index (κ3) is 3.52. The van der Waals surface area contributed by atoms with Crippen LogP contribution in [0.25, 0.3) is 0 Å². The topological polar surface area (TPSA) is 83.8 Å². The van der Waals surface area contributed by atoms with Crippen LogP contribution in [0, 0.1) is 0 Å². The van der Waals surface area contributed by atoms with Gasteiger partial charge in [-0.05, 0) is 29.8 Å². The minimum Gasteiger partial charge on any atom is -0.486 e. The molecule has 0 heterocycles. The first-order chi connectivity index (χ1) is 9.99. The predicted molar refractivity (Wildman–Crippen MR) is 76.1 cm³/mol. The maximum atomic E-state index is 11.1. The van der Waals surface area contributed by atoms with Crippen LogP contribution in [-0.4, -0.2) is 22.2 Å². The summed E-state index contributed by atoms with van der Waals surface area (Å²) in [4.78, 5) is 21.8. The zero-order valence-corrected chi connectivity index (χ0v) is 11.5. The Morgan fingerprint density at radius 1 is 1.00 bits per heavy atom. The molecule has 2 aromatic rings. The van der Waals surface area contributed by atoms with Gasteiger partial charge in [0.05, 0.1) is 10.6 Å². The molecule has 5 nitrogen and oxygen atoms in total. The summed E-state index contributed by atoms with van der Waals surface area (Å²) in [5.41, 5.74) is 0.851. The first-order valence-electron chi connectivity index (χ1n) is 5.96. The Bertz CT molecular complexity index is 679. The molecule has 0 unspecified atom stereocenters. The van der Waals surface area contributed by atoms with Crippen molar-refractivity contribution in [3.05, 3.63) is 64.2 Å². The van der Waals surface area contributed by atoms with E-state index in [9.17, 15) is 9.59 Å². The molecule has 21 heavy (non-hydrogen) atoms. The Morgan fingerprint density at radius 3 is 2.24 bits per heavy atom. The van der Waals surface area contributed by atoms with Gasteiger partial charge < -0.3 is 14.9 Å². The van der Waals surface area contributed by atoms with Crippen molar-refractivity contribution in [2.45, 2.75) is 6.61 Å². The number of carboxylic acids is 2. The summed E-state index contributed by atoms with van der Waals surface area (Å²) in [6.45, 7) is 0.0872. The van der Waals surface area contributed by atoms with E-state index in [4.69, 9.17) is 26.6 Å². The van der Waals surface area contributed by atoms with Gasteiger partial charge in [-0.1, -0.05) is 29.8 Å². The lowest BCUT2D eigenvalue weighted by atomic mass is 10.1. The number of carboxylic acid groups (broad SMARTS) is 2. The van der Waals surface area contributed by atoms with Crippen molar-refractivity contribution >= 4 is 23.5 Å². The summed E-state index contributed by atoms with van der Waals surface area (Å²) in [5, 5.41) is 18.1. The van der Waals surface area contributed by atoms with Gasteiger partial charge in [0, 0.05) is 0 Å². The molecule has 0 aromatic heterocycles. The minimum atomic E-state index is -1.13. The van der Waals surface area contributed by atoms with Gasteiger partial charge in [0.25, 0.3) is 0 Å². The Balaban J connectivity index is 2.16. The first-order valence-corrected chi connectivity index (χ1v) is 6.33. The third-order valence-electron chi connectivity index (χ3n) is 2.78. The SMILES string of the molecule is O=C(O)c1ccc(COc2c(Cl)cccc2C(=O)O)cc1. The smallest absolute Gasteiger partial charge is 0.339 e. The van der Waals surface area contributed by atoms with Gasteiger partial charge in [-0.2, -0.15) is 0 Å². The van der Waals surface area contributed by atoms with Crippen molar-refractivity contribution in [3.8, 4) is 5.75 Å². The second-order valence-corrected chi connectivity index (χ2v) is 4.62. The molecule has 6 heteroatoms. The van der Waals surface area contributed by atoms with E-state index in [-0.39, 0.29) is 28.5 Å². The van der Waals surface area contributed by atoms with Crippen LogP contribution >= 0.6 is 11.6 Å². The molecule has 0 aliphatic rings. The van der Waals surface area contributed by atoms with Gasteiger partial charge in [-0.15, -0.1) is 0 Å². The Morgan fingerprint density at radius 2 is 1.67 bits per heavy atom. The lowest BCUT2D eigenvalue weighted by molar-refractivity contribution is 0.0682. The molecule has 0 saturated heterocycles.